The summed E-state index contributed by atoms with van der Waals surface area (Å²) in [5, 5.41) is 3.98. The van der Waals surface area contributed by atoms with E-state index < -0.39 is 24.5 Å². The Morgan fingerprint density at radius 1 is 0.929 bits per heavy atom. The van der Waals surface area contributed by atoms with Crippen LogP contribution in [0.15, 0.2) is 48.5 Å². The fourth-order valence-electron chi connectivity index (χ4n) is 6.00. The van der Waals surface area contributed by atoms with Crippen molar-refractivity contribution in [2.24, 2.45) is 0 Å². The third kappa shape index (κ3) is 5.30. The molecule has 4 aromatic rings. The first-order chi connectivity index (χ1) is 20.5. The predicted molar refractivity (Wildman–Crippen MR) is 163 cm³/mol. The Morgan fingerprint density at radius 2 is 1.71 bits per heavy atom. The molecule has 9 heteroatoms. The zero-order valence-corrected chi connectivity index (χ0v) is 24.6. The van der Waals surface area contributed by atoms with E-state index >= 15 is 0 Å². The number of hydrogen-bond acceptors (Lipinski definition) is 8. The van der Waals surface area contributed by atoms with Crippen molar-refractivity contribution < 1.29 is 23.9 Å². The lowest BCUT2D eigenvalue weighted by molar-refractivity contribution is -0.119. The monoisotopic (exact) mass is 583 g/mol. The largest absolute Gasteiger partial charge is 0.462 e. The van der Waals surface area contributed by atoms with Crippen molar-refractivity contribution >= 4 is 45.1 Å². The number of anilines is 1. The van der Waals surface area contributed by atoms with Gasteiger partial charge in [0.25, 0.3) is 5.91 Å². The molecule has 1 aliphatic carbocycles. The smallest absolute Gasteiger partial charge is 0.341 e. The topological polar surface area (TPSA) is 97.8 Å². The van der Waals surface area contributed by atoms with Gasteiger partial charge in [-0.1, -0.05) is 49.4 Å². The molecular formula is C33H33N3O5S. The van der Waals surface area contributed by atoms with Crippen LogP contribution in [-0.2, 0) is 40.1 Å². The number of rotatable bonds is 8. The van der Waals surface area contributed by atoms with Gasteiger partial charge in [-0.25, -0.2) is 9.59 Å². The van der Waals surface area contributed by atoms with Crippen LogP contribution in [0.2, 0.25) is 0 Å². The quantitative estimate of drug-likeness (QED) is 0.262. The standard InChI is InChI=1S/C33H33N3O5S/c1-3-16-36-17-15-26-24(18-36)28(22-11-7-8-12-25(22)34-26)32(38)41-19-27(37)35-31-29(33(39)40-4-2)23-14-13-20-9-5-6-10-21(20)30(23)42-31/h5-12H,3-4,13-19H2,1-2H3,(H,35,37). The number of amides is 1. The maximum absolute atomic E-state index is 13.6. The van der Waals surface area contributed by atoms with E-state index in [1.54, 1.807) is 6.92 Å². The number of esters is 2. The molecule has 2 aromatic heterocycles. The van der Waals surface area contributed by atoms with Crippen molar-refractivity contribution in [2.45, 2.75) is 46.1 Å². The van der Waals surface area contributed by atoms with Gasteiger partial charge in [-0.05, 0) is 55.5 Å². The molecular weight excluding hydrogens is 550 g/mol. The molecule has 2 aliphatic rings. The Morgan fingerprint density at radius 3 is 2.55 bits per heavy atom. The SMILES string of the molecule is CCCN1CCc2nc3ccccc3c(C(=O)OCC(=O)Nc3sc4c(c3C(=O)OCC)CCc3ccccc3-4)c2C1. The van der Waals surface area contributed by atoms with Gasteiger partial charge in [0.2, 0.25) is 0 Å². The molecule has 2 aromatic carbocycles. The molecule has 0 atom stereocenters. The van der Waals surface area contributed by atoms with E-state index in [9.17, 15) is 14.4 Å². The zero-order chi connectivity index (χ0) is 29.2. The van der Waals surface area contributed by atoms with Crippen LogP contribution in [0.3, 0.4) is 0 Å². The molecule has 42 heavy (non-hydrogen) atoms. The average Bonchev–Trinajstić information content (AvgIpc) is 3.37. The Bertz CT molecular complexity index is 1690. The zero-order valence-electron chi connectivity index (χ0n) is 23.8. The predicted octanol–water partition coefficient (Wildman–Crippen LogP) is 5.80. The first-order valence-electron chi connectivity index (χ1n) is 14.5. The van der Waals surface area contributed by atoms with E-state index in [1.165, 1.54) is 16.9 Å². The van der Waals surface area contributed by atoms with E-state index in [-0.39, 0.29) is 6.61 Å². The molecule has 6 rings (SSSR count). The summed E-state index contributed by atoms with van der Waals surface area (Å²) in [6.45, 7) is 6.07. The summed E-state index contributed by atoms with van der Waals surface area (Å²) in [7, 11) is 0. The van der Waals surface area contributed by atoms with Crippen LogP contribution in [0.1, 0.15) is 63.4 Å². The van der Waals surface area contributed by atoms with Crippen LogP contribution >= 0.6 is 11.3 Å². The van der Waals surface area contributed by atoms with E-state index in [0.717, 1.165) is 65.1 Å². The molecule has 1 N–H and O–H groups in total. The summed E-state index contributed by atoms with van der Waals surface area (Å²) in [6.07, 6.45) is 3.25. The summed E-state index contributed by atoms with van der Waals surface area (Å²) in [4.78, 5) is 47.9. The highest BCUT2D eigenvalue weighted by molar-refractivity contribution is 7.20. The summed E-state index contributed by atoms with van der Waals surface area (Å²) < 4.78 is 11.0. The van der Waals surface area contributed by atoms with Crippen molar-refractivity contribution in [3.05, 3.63) is 82.0 Å². The molecule has 0 spiro atoms. The fourth-order valence-corrected chi connectivity index (χ4v) is 7.31. The van der Waals surface area contributed by atoms with Gasteiger partial charge >= 0.3 is 11.9 Å². The Kier molecular flexibility index (Phi) is 8.04. The highest BCUT2D eigenvalue weighted by Gasteiger charge is 2.31. The molecule has 1 aliphatic heterocycles. The molecule has 0 fully saturated rings. The van der Waals surface area contributed by atoms with Crippen molar-refractivity contribution in [3.8, 4) is 10.4 Å². The van der Waals surface area contributed by atoms with Crippen LogP contribution < -0.4 is 5.32 Å². The lowest BCUT2D eigenvalue weighted by Gasteiger charge is -2.29. The number of thiophene rings is 1. The maximum Gasteiger partial charge on any atom is 0.341 e. The number of benzene rings is 2. The molecule has 3 heterocycles. The number of aryl methyl sites for hydroxylation is 1. The number of hydrogen-bond donors (Lipinski definition) is 1. The molecule has 216 valence electrons. The van der Waals surface area contributed by atoms with Gasteiger partial charge in [-0.15, -0.1) is 11.3 Å². The molecule has 0 unspecified atom stereocenters. The van der Waals surface area contributed by atoms with Crippen molar-refractivity contribution in [2.75, 3.05) is 31.6 Å². The van der Waals surface area contributed by atoms with E-state index in [4.69, 9.17) is 14.5 Å². The second kappa shape index (κ2) is 12.0. The maximum atomic E-state index is 13.6. The first-order valence-corrected chi connectivity index (χ1v) is 15.3. The highest BCUT2D eigenvalue weighted by atomic mass is 32.1. The van der Waals surface area contributed by atoms with Crippen LogP contribution in [-0.4, -0.2) is 54.0 Å². The second-order valence-electron chi connectivity index (χ2n) is 10.6. The lowest BCUT2D eigenvalue weighted by atomic mass is 9.89. The molecule has 1 amide bonds. The van der Waals surface area contributed by atoms with Gasteiger partial charge in [-0.2, -0.15) is 0 Å². The van der Waals surface area contributed by atoms with Gasteiger partial charge in [0, 0.05) is 41.0 Å². The van der Waals surface area contributed by atoms with Gasteiger partial charge in [0.1, 0.15) is 5.00 Å². The van der Waals surface area contributed by atoms with Gasteiger partial charge in [-0.3, -0.25) is 14.7 Å². The van der Waals surface area contributed by atoms with Crippen molar-refractivity contribution in [3.63, 3.8) is 0 Å². The van der Waals surface area contributed by atoms with Gasteiger partial charge < -0.3 is 14.8 Å². The number of pyridine rings is 1. The molecule has 0 saturated heterocycles. The highest BCUT2D eigenvalue weighted by Crippen LogP contribution is 2.45. The normalized spacial score (nSPS) is 14.0. The van der Waals surface area contributed by atoms with Crippen LogP contribution in [0, 0.1) is 0 Å². The van der Waals surface area contributed by atoms with E-state index in [0.29, 0.717) is 34.5 Å². The van der Waals surface area contributed by atoms with Crippen molar-refractivity contribution in [1.29, 1.82) is 0 Å². The van der Waals surface area contributed by atoms with E-state index in [2.05, 4.69) is 23.2 Å². The molecule has 0 radical (unpaired) electrons. The lowest BCUT2D eigenvalue weighted by Crippen LogP contribution is -2.33. The molecule has 0 bridgehead atoms. The fraction of sp³-hybridized carbons (Fsp3) is 0.333. The Labute approximate surface area is 248 Å². The first kappa shape index (κ1) is 28.1. The summed E-state index contributed by atoms with van der Waals surface area (Å²) >= 11 is 1.36. The van der Waals surface area contributed by atoms with E-state index in [1.807, 2.05) is 42.5 Å². The van der Waals surface area contributed by atoms with Crippen molar-refractivity contribution in [1.82, 2.24) is 9.88 Å². The number of fused-ring (bicyclic) bond motifs is 5. The van der Waals surface area contributed by atoms with Gasteiger partial charge in [0.05, 0.1) is 23.3 Å². The van der Waals surface area contributed by atoms with Crippen LogP contribution in [0.5, 0.6) is 0 Å². The summed E-state index contributed by atoms with van der Waals surface area (Å²) in [5.74, 6) is -1.53. The summed E-state index contributed by atoms with van der Waals surface area (Å²) in [5.41, 5.74) is 6.52. The molecule has 8 nitrogen and oxygen atoms in total. The number of carbonyl (C=O) groups is 3. The number of nitrogens with one attached hydrogen (secondary N) is 1. The minimum atomic E-state index is -0.552. The minimum Gasteiger partial charge on any atom is -0.462 e. The van der Waals surface area contributed by atoms with Gasteiger partial charge in [0.15, 0.2) is 6.61 Å². The number of carbonyl (C=O) groups excluding carboxylic acids is 3. The number of para-hydroxylation sites is 1. The van der Waals surface area contributed by atoms with Crippen LogP contribution in [0.25, 0.3) is 21.3 Å². The number of ether oxygens (including phenoxy) is 2. The number of nitrogens with zero attached hydrogens (tertiary/aromatic N) is 2. The molecule has 0 saturated carbocycles. The second-order valence-corrected chi connectivity index (χ2v) is 11.6. The third-order valence-electron chi connectivity index (χ3n) is 7.85. The average molecular weight is 584 g/mol. The summed E-state index contributed by atoms with van der Waals surface area (Å²) in [6, 6.07) is 15.6. The van der Waals surface area contributed by atoms with Crippen LogP contribution in [0.4, 0.5) is 5.00 Å². The Hall–Kier alpha value is -4.08. The Balaban J connectivity index is 1.25. The third-order valence-corrected chi connectivity index (χ3v) is 9.03. The number of aromatic nitrogens is 1. The minimum absolute atomic E-state index is 0.227.